The molecule has 0 N–H and O–H groups in total. The Morgan fingerprint density at radius 2 is 2.19 bits per heavy atom. The number of aromatic nitrogens is 1. The standard InChI is InChI=1S/C14H10ClNO4S/c1-18-13(17)11-5-3-9(19-11)7-21-14-16-10-4-2-8(15)6-12(10)20-14/h2-6H,7H2,1H3. The molecule has 1 aromatic carbocycles. The Kier molecular flexibility index (Phi) is 3.90. The Bertz CT molecular complexity index is 795. The molecule has 2 aromatic heterocycles. The van der Waals surface area contributed by atoms with Crippen LogP contribution in [0.1, 0.15) is 16.3 Å². The minimum absolute atomic E-state index is 0.178. The number of methoxy groups -OCH3 is 1. The topological polar surface area (TPSA) is 65.5 Å². The van der Waals surface area contributed by atoms with Crippen LogP contribution >= 0.6 is 23.4 Å². The first-order valence-corrected chi connectivity index (χ1v) is 7.38. The van der Waals surface area contributed by atoms with E-state index in [2.05, 4.69) is 9.72 Å². The maximum atomic E-state index is 11.3. The first-order chi connectivity index (χ1) is 10.2. The average Bonchev–Trinajstić information content (AvgIpc) is 3.10. The van der Waals surface area contributed by atoms with Gasteiger partial charge in [-0.2, -0.15) is 0 Å². The second-order valence-electron chi connectivity index (χ2n) is 4.14. The molecule has 0 fully saturated rings. The van der Waals surface area contributed by atoms with Crippen molar-refractivity contribution in [1.29, 1.82) is 0 Å². The average molecular weight is 324 g/mol. The summed E-state index contributed by atoms with van der Waals surface area (Å²) in [7, 11) is 1.31. The normalized spacial score (nSPS) is 11.0. The summed E-state index contributed by atoms with van der Waals surface area (Å²) in [6, 6.07) is 8.58. The molecular formula is C14H10ClNO4S. The number of thioether (sulfide) groups is 1. The van der Waals surface area contributed by atoms with Crippen molar-refractivity contribution in [3.8, 4) is 0 Å². The molecule has 2 heterocycles. The van der Waals surface area contributed by atoms with Crippen LogP contribution in [-0.4, -0.2) is 18.1 Å². The lowest BCUT2D eigenvalue weighted by molar-refractivity contribution is 0.0563. The highest BCUT2D eigenvalue weighted by atomic mass is 35.5. The first kappa shape index (κ1) is 14.0. The Labute approximate surface area is 129 Å². The van der Waals surface area contributed by atoms with E-state index in [1.54, 1.807) is 30.3 Å². The Hall–Kier alpha value is -1.92. The van der Waals surface area contributed by atoms with E-state index in [0.29, 0.717) is 27.3 Å². The second kappa shape index (κ2) is 5.83. The molecule has 108 valence electrons. The van der Waals surface area contributed by atoms with Crippen molar-refractivity contribution < 1.29 is 18.4 Å². The van der Waals surface area contributed by atoms with Gasteiger partial charge in [0.25, 0.3) is 5.22 Å². The lowest BCUT2D eigenvalue weighted by Crippen LogP contribution is -1.98. The largest absolute Gasteiger partial charge is 0.463 e. The molecule has 0 saturated carbocycles. The van der Waals surface area contributed by atoms with Gasteiger partial charge in [-0.05, 0) is 24.3 Å². The number of furan rings is 1. The monoisotopic (exact) mass is 323 g/mol. The third-order valence-corrected chi connectivity index (χ3v) is 3.80. The summed E-state index contributed by atoms with van der Waals surface area (Å²) in [5, 5.41) is 1.12. The van der Waals surface area contributed by atoms with Crippen LogP contribution in [-0.2, 0) is 10.5 Å². The summed E-state index contributed by atoms with van der Waals surface area (Å²) < 4.78 is 15.5. The highest BCUT2D eigenvalue weighted by Crippen LogP contribution is 2.28. The molecule has 0 aliphatic carbocycles. The van der Waals surface area contributed by atoms with Crippen molar-refractivity contribution in [2.75, 3.05) is 7.11 Å². The fourth-order valence-electron chi connectivity index (χ4n) is 1.74. The van der Waals surface area contributed by atoms with E-state index in [1.165, 1.54) is 18.9 Å². The van der Waals surface area contributed by atoms with E-state index < -0.39 is 5.97 Å². The van der Waals surface area contributed by atoms with Gasteiger partial charge in [0.15, 0.2) is 5.58 Å². The Balaban J connectivity index is 1.71. The molecule has 7 heteroatoms. The van der Waals surface area contributed by atoms with E-state index in [4.69, 9.17) is 20.4 Å². The Morgan fingerprint density at radius 1 is 1.33 bits per heavy atom. The predicted molar refractivity (Wildman–Crippen MR) is 78.6 cm³/mol. The molecule has 3 rings (SSSR count). The number of fused-ring (bicyclic) bond motifs is 1. The summed E-state index contributed by atoms with van der Waals surface area (Å²) in [6.45, 7) is 0. The molecule has 0 spiro atoms. The zero-order chi connectivity index (χ0) is 14.8. The van der Waals surface area contributed by atoms with E-state index in [1.807, 2.05) is 0 Å². The van der Waals surface area contributed by atoms with E-state index >= 15 is 0 Å². The molecule has 21 heavy (non-hydrogen) atoms. The van der Waals surface area contributed by atoms with Crippen LogP contribution in [0.4, 0.5) is 0 Å². The number of ether oxygens (including phenoxy) is 1. The molecule has 0 aliphatic rings. The fourth-order valence-corrected chi connectivity index (χ4v) is 2.63. The number of carbonyl (C=O) groups is 1. The molecule has 0 radical (unpaired) electrons. The fraction of sp³-hybridized carbons (Fsp3) is 0.143. The number of hydrogen-bond acceptors (Lipinski definition) is 6. The van der Waals surface area contributed by atoms with Gasteiger partial charge in [-0.3, -0.25) is 0 Å². The van der Waals surface area contributed by atoms with Gasteiger partial charge in [0.2, 0.25) is 5.76 Å². The van der Waals surface area contributed by atoms with Crippen LogP contribution in [0.5, 0.6) is 0 Å². The predicted octanol–water partition coefficient (Wildman–Crippen LogP) is 4.15. The molecule has 0 amide bonds. The van der Waals surface area contributed by atoms with Gasteiger partial charge in [0.05, 0.1) is 12.9 Å². The van der Waals surface area contributed by atoms with Gasteiger partial charge >= 0.3 is 5.97 Å². The summed E-state index contributed by atoms with van der Waals surface area (Å²) in [4.78, 5) is 15.6. The van der Waals surface area contributed by atoms with Gasteiger partial charge in [0.1, 0.15) is 11.3 Å². The lowest BCUT2D eigenvalue weighted by atomic mass is 10.3. The molecule has 0 bridgehead atoms. The quantitative estimate of drug-likeness (QED) is 0.530. The molecule has 0 unspecified atom stereocenters. The van der Waals surface area contributed by atoms with Crippen LogP contribution in [0.2, 0.25) is 5.02 Å². The minimum Gasteiger partial charge on any atom is -0.463 e. The molecular weight excluding hydrogens is 314 g/mol. The van der Waals surface area contributed by atoms with Crippen molar-refractivity contribution in [3.05, 3.63) is 46.9 Å². The second-order valence-corrected chi connectivity index (χ2v) is 5.50. The summed E-state index contributed by atoms with van der Waals surface area (Å²) in [5.74, 6) is 0.818. The SMILES string of the molecule is COC(=O)c1ccc(CSc2nc3ccc(Cl)cc3o2)o1. The Morgan fingerprint density at radius 3 is 3.00 bits per heavy atom. The maximum Gasteiger partial charge on any atom is 0.373 e. The van der Waals surface area contributed by atoms with Crippen molar-refractivity contribution in [1.82, 2.24) is 4.98 Å². The number of carbonyl (C=O) groups excluding carboxylic acids is 1. The smallest absolute Gasteiger partial charge is 0.373 e. The van der Waals surface area contributed by atoms with Gasteiger partial charge in [-0.15, -0.1) is 0 Å². The number of esters is 1. The number of rotatable bonds is 4. The number of nitrogens with zero attached hydrogens (tertiary/aromatic N) is 1. The summed E-state index contributed by atoms with van der Waals surface area (Å²) in [6.07, 6.45) is 0. The van der Waals surface area contributed by atoms with Crippen molar-refractivity contribution >= 4 is 40.4 Å². The van der Waals surface area contributed by atoms with Crippen LogP contribution < -0.4 is 0 Å². The summed E-state index contributed by atoms with van der Waals surface area (Å²) in [5.41, 5.74) is 1.39. The molecule has 0 aliphatic heterocycles. The van der Waals surface area contributed by atoms with Gasteiger partial charge in [0, 0.05) is 11.1 Å². The van der Waals surface area contributed by atoms with E-state index in [0.717, 1.165) is 5.52 Å². The number of oxazole rings is 1. The van der Waals surface area contributed by atoms with Crippen LogP contribution in [0.3, 0.4) is 0 Å². The van der Waals surface area contributed by atoms with Crippen LogP contribution in [0.25, 0.3) is 11.1 Å². The highest BCUT2D eigenvalue weighted by Gasteiger charge is 2.13. The van der Waals surface area contributed by atoms with E-state index in [9.17, 15) is 4.79 Å². The molecule has 0 saturated heterocycles. The third kappa shape index (κ3) is 3.06. The zero-order valence-electron chi connectivity index (χ0n) is 11.0. The van der Waals surface area contributed by atoms with Gasteiger partial charge < -0.3 is 13.6 Å². The highest BCUT2D eigenvalue weighted by molar-refractivity contribution is 7.98. The maximum absolute atomic E-state index is 11.3. The van der Waals surface area contributed by atoms with Crippen LogP contribution in [0.15, 0.2) is 44.4 Å². The lowest BCUT2D eigenvalue weighted by Gasteiger charge is -1.94. The molecule has 5 nitrogen and oxygen atoms in total. The van der Waals surface area contributed by atoms with Crippen molar-refractivity contribution in [2.45, 2.75) is 11.0 Å². The van der Waals surface area contributed by atoms with Crippen molar-refractivity contribution in [3.63, 3.8) is 0 Å². The minimum atomic E-state index is -0.497. The molecule has 0 atom stereocenters. The number of halogens is 1. The van der Waals surface area contributed by atoms with Gasteiger partial charge in [-0.25, -0.2) is 9.78 Å². The first-order valence-electron chi connectivity index (χ1n) is 6.01. The van der Waals surface area contributed by atoms with Crippen LogP contribution in [0, 0.1) is 0 Å². The third-order valence-electron chi connectivity index (χ3n) is 2.72. The molecule has 3 aromatic rings. The van der Waals surface area contributed by atoms with E-state index in [-0.39, 0.29) is 5.76 Å². The van der Waals surface area contributed by atoms with Gasteiger partial charge in [-0.1, -0.05) is 23.4 Å². The zero-order valence-corrected chi connectivity index (χ0v) is 12.5. The van der Waals surface area contributed by atoms with Crippen molar-refractivity contribution in [2.24, 2.45) is 0 Å². The summed E-state index contributed by atoms with van der Waals surface area (Å²) >= 11 is 7.26. The number of hydrogen-bond donors (Lipinski definition) is 0. The number of benzene rings is 1.